The first kappa shape index (κ1) is 11.5. The first-order valence-electron chi connectivity index (χ1n) is 4.33. The second kappa shape index (κ2) is 3.08. The van der Waals surface area contributed by atoms with Crippen molar-refractivity contribution in [2.75, 3.05) is 0 Å². The van der Waals surface area contributed by atoms with E-state index in [1.807, 2.05) is 6.92 Å². The van der Waals surface area contributed by atoms with Crippen molar-refractivity contribution in [3.05, 3.63) is 0 Å². The standard InChI is InChI=1S/C10H20O2/c1-7(9(2,3)4)10(5,6)8(11)12/h7H,1-6H3,(H,11,12). The molecule has 0 aromatic heterocycles. The second-order valence-corrected chi connectivity index (χ2v) is 5.11. The summed E-state index contributed by atoms with van der Waals surface area (Å²) >= 11 is 0. The third kappa shape index (κ3) is 2.23. The van der Waals surface area contributed by atoms with Crippen LogP contribution in [0.2, 0.25) is 0 Å². The highest BCUT2D eigenvalue weighted by atomic mass is 16.4. The number of carboxylic acid groups (broad SMARTS) is 1. The van der Waals surface area contributed by atoms with Crippen molar-refractivity contribution >= 4 is 5.97 Å². The Kier molecular flexibility index (Phi) is 2.94. The Balaban J connectivity index is 4.69. The first-order chi connectivity index (χ1) is 5.10. The summed E-state index contributed by atoms with van der Waals surface area (Å²) in [4.78, 5) is 10.9. The highest BCUT2D eigenvalue weighted by molar-refractivity contribution is 5.74. The number of hydrogen-bond donors (Lipinski definition) is 1. The SMILES string of the molecule is CC(C(C)(C)C)C(C)(C)C(=O)O. The van der Waals surface area contributed by atoms with E-state index in [2.05, 4.69) is 20.8 Å². The summed E-state index contributed by atoms with van der Waals surface area (Å²) < 4.78 is 0. The van der Waals surface area contributed by atoms with Gasteiger partial charge in [-0.2, -0.15) is 0 Å². The summed E-state index contributed by atoms with van der Waals surface area (Å²) in [5, 5.41) is 8.98. The van der Waals surface area contributed by atoms with Gasteiger partial charge in [-0.3, -0.25) is 4.79 Å². The third-order valence-corrected chi connectivity index (χ3v) is 2.93. The Morgan fingerprint density at radius 3 is 1.58 bits per heavy atom. The van der Waals surface area contributed by atoms with E-state index >= 15 is 0 Å². The number of carboxylic acids is 1. The molecule has 0 aliphatic rings. The normalized spacial score (nSPS) is 15.8. The molecule has 0 aromatic rings. The molecular weight excluding hydrogens is 152 g/mol. The van der Waals surface area contributed by atoms with E-state index < -0.39 is 11.4 Å². The smallest absolute Gasteiger partial charge is 0.309 e. The summed E-state index contributed by atoms with van der Waals surface area (Å²) in [5.74, 6) is -0.563. The van der Waals surface area contributed by atoms with Gasteiger partial charge in [0.25, 0.3) is 0 Å². The minimum absolute atomic E-state index is 0.0435. The highest BCUT2D eigenvalue weighted by Crippen LogP contribution is 2.39. The predicted octanol–water partition coefficient (Wildman–Crippen LogP) is 2.78. The molecule has 0 heterocycles. The van der Waals surface area contributed by atoms with Crippen LogP contribution in [0.1, 0.15) is 41.5 Å². The number of carbonyl (C=O) groups is 1. The zero-order valence-corrected chi connectivity index (χ0v) is 8.93. The van der Waals surface area contributed by atoms with Gasteiger partial charge in [0.15, 0.2) is 0 Å². The van der Waals surface area contributed by atoms with Crippen LogP contribution in [-0.2, 0) is 4.79 Å². The van der Waals surface area contributed by atoms with Crippen LogP contribution < -0.4 is 0 Å². The summed E-state index contributed by atoms with van der Waals surface area (Å²) in [6, 6.07) is 0. The average molecular weight is 172 g/mol. The molecule has 1 atom stereocenters. The molecule has 0 saturated carbocycles. The zero-order valence-electron chi connectivity index (χ0n) is 8.93. The van der Waals surface area contributed by atoms with Crippen molar-refractivity contribution in [1.29, 1.82) is 0 Å². The Hall–Kier alpha value is -0.530. The Morgan fingerprint density at radius 2 is 1.50 bits per heavy atom. The van der Waals surface area contributed by atoms with Gasteiger partial charge in [0.05, 0.1) is 5.41 Å². The number of hydrogen-bond acceptors (Lipinski definition) is 1. The molecule has 0 spiro atoms. The molecule has 0 amide bonds. The maximum atomic E-state index is 10.9. The van der Waals surface area contributed by atoms with E-state index in [4.69, 9.17) is 5.11 Å². The van der Waals surface area contributed by atoms with Crippen molar-refractivity contribution in [2.24, 2.45) is 16.7 Å². The molecule has 0 aliphatic carbocycles. The number of rotatable bonds is 2. The Morgan fingerprint density at radius 1 is 1.17 bits per heavy atom. The largest absolute Gasteiger partial charge is 0.481 e. The molecule has 12 heavy (non-hydrogen) atoms. The van der Waals surface area contributed by atoms with E-state index in [1.54, 1.807) is 13.8 Å². The fourth-order valence-electron chi connectivity index (χ4n) is 1.27. The molecule has 72 valence electrons. The minimum Gasteiger partial charge on any atom is -0.481 e. The van der Waals surface area contributed by atoms with E-state index in [9.17, 15) is 4.79 Å². The lowest BCUT2D eigenvalue weighted by molar-refractivity contribution is -0.152. The van der Waals surface area contributed by atoms with Gasteiger partial charge in [-0.25, -0.2) is 0 Å². The van der Waals surface area contributed by atoms with Crippen molar-refractivity contribution in [2.45, 2.75) is 41.5 Å². The zero-order chi connectivity index (χ0) is 10.2. The van der Waals surface area contributed by atoms with Gasteiger partial charge in [0, 0.05) is 0 Å². The maximum absolute atomic E-state index is 10.9. The summed E-state index contributed by atoms with van der Waals surface area (Å²) in [6.45, 7) is 11.8. The van der Waals surface area contributed by atoms with E-state index in [-0.39, 0.29) is 11.3 Å². The van der Waals surface area contributed by atoms with Crippen LogP contribution in [0.4, 0.5) is 0 Å². The van der Waals surface area contributed by atoms with Gasteiger partial charge in [0.2, 0.25) is 0 Å². The van der Waals surface area contributed by atoms with Gasteiger partial charge in [-0.1, -0.05) is 27.7 Å². The molecule has 2 nitrogen and oxygen atoms in total. The van der Waals surface area contributed by atoms with Crippen LogP contribution in [0.25, 0.3) is 0 Å². The molecule has 0 bridgehead atoms. The van der Waals surface area contributed by atoms with Crippen LogP contribution >= 0.6 is 0 Å². The average Bonchev–Trinajstić information content (AvgIpc) is 1.83. The lowest BCUT2D eigenvalue weighted by atomic mass is 9.67. The molecule has 0 aliphatic heterocycles. The molecular formula is C10H20O2. The maximum Gasteiger partial charge on any atom is 0.309 e. The third-order valence-electron chi connectivity index (χ3n) is 2.93. The molecule has 0 fully saturated rings. The van der Waals surface area contributed by atoms with Crippen molar-refractivity contribution < 1.29 is 9.90 Å². The first-order valence-corrected chi connectivity index (χ1v) is 4.33. The van der Waals surface area contributed by atoms with Crippen LogP contribution in [0.15, 0.2) is 0 Å². The molecule has 1 N–H and O–H groups in total. The molecule has 1 unspecified atom stereocenters. The lowest BCUT2D eigenvalue weighted by Crippen LogP contribution is -2.38. The fraction of sp³-hybridized carbons (Fsp3) is 0.900. The minimum atomic E-state index is -0.718. The van der Waals surface area contributed by atoms with Crippen molar-refractivity contribution in [1.82, 2.24) is 0 Å². The summed E-state index contributed by atoms with van der Waals surface area (Å²) in [6.07, 6.45) is 0. The topological polar surface area (TPSA) is 37.3 Å². The van der Waals surface area contributed by atoms with Crippen LogP contribution in [0.5, 0.6) is 0 Å². The Labute approximate surface area is 75.0 Å². The van der Waals surface area contributed by atoms with Crippen LogP contribution in [0, 0.1) is 16.7 Å². The molecule has 0 saturated heterocycles. The lowest BCUT2D eigenvalue weighted by Gasteiger charge is -2.37. The Bertz CT molecular complexity index is 175. The van der Waals surface area contributed by atoms with Crippen molar-refractivity contribution in [3.8, 4) is 0 Å². The van der Waals surface area contributed by atoms with Gasteiger partial charge < -0.3 is 5.11 Å². The molecule has 2 heteroatoms. The predicted molar refractivity (Wildman–Crippen MR) is 50.0 cm³/mol. The van der Waals surface area contributed by atoms with Crippen molar-refractivity contribution in [3.63, 3.8) is 0 Å². The molecule has 0 aromatic carbocycles. The van der Waals surface area contributed by atoms with E-state index in [0.29, 0.717) is 0 Å². The summed E-state index contributed by atoms with van der Waals surface area (Å²) in [5.41, 5.74) is -0.597. The van der Waals surface area contributed by atoms with Crippen LogP contribution in [0.3, 0.4) is 0 Å². The van der Waals surface area contributed by atoms with Gasteiger partial charge in [-0.05, 0) is 25.2 Å². The molecule has 0 radical (unpaired) electrons. The monoisotopic (exact) mass is 172 g/mol. The second-order valence-electron chi connectivity index (χ2n) is 5.11. The van der Waals surface area contributed by atoms with Gasteiger partial charge >= 0.3 is 5.97 Å². The quantitative estimate of drug-likeness (QED) is 0.695. The van der Waals surface area contributed by atoms with E-state index in [1.165, 1.54) is 0 Å². The van der Waals surface area contributed by atoms with Crippen LogP contribution in [-0.4, -0.2) is 11.1 Å². The highest BCUT2D eigenvalue weighted by Gasteiger charge is 2.39. The van der Waals surface area contributed by atoms with Gasteiger partial charge in [-0.15, -0.1) is 0 Å². The fourth-order valence-corrected chi connectivity index (χ4v) is 1.27. The van der Waals surface area contributed by atoms with E-state index in [0.717, 1.165) is 0 Å². The van der Waals surface area contributed by atoms with Gasteiger partial charge in [0.1, 0.15) is 0 Å². The summed E-state index contributed by atoms with van der Waals surface area (Å²) in [7, 11) is 0. The number of aliphatic carboxylic acids is 1. The molecule has 0 rings (SSSR count).